The van der Waals surface area contributed by atoms with Gasteiger partial charge in [-0.1, -0.05) is 11.5 Å². The lowest BCUT2D eigenvalue weighted by atomic mass is 10.7. The second kappa shape index (κ2) is 3.53. The van der Waals surface area contributed by atoms with Crippen molar-refractivity contribution in [2.75, 3.05) is 0 Å². The molecular weight excluding hydrogens is 270 g/mol. The van der Waals surface area contributed by atoms with Crippen molar-refractivity contribution >= 4 is 44.4 Å². The summed E-state index contributed by atoms with van der Waals surface area (Å²) in [6.45, 7) is 0. The van der Waals surface area contributed by atoms with Gasteiger partial charge in [0.25, 0.3) is 5.56 Å². The van der Waals surface area contributed by atoms with Crippen LogP contribution in [0.25, 0.3) is 0 Å². The Balaban J connectivity index is 0.000000640. The first kappa shape index (κ1) is 9.39. The highest BCUT2D eigenvalue weighted by molar-refractivity contribution is 9.10. The molecule has 1 aromatic rings. The van der Waals surface area contributed by atoms with Crippen LogP contribution in [0.3, 0.4) is 0 Å². The molecule has 0 spiro atoms. The summed E-state index contributed by atoms with van der Waals surface area (Å²) in [5, 5.41) is 1.77. The van der Waals surface area contributed by atoms with E-state index in [-0.39, 0.29) is 22.5 Å². The van der Waals surface area contributed by atoms with Gasteiger partial charge in [-0.15, -0.1) is 17.0 Å². The van der Waals surface area contributed by atoms with Gasteiger partial charge >= 0.3 is 0 Å². The lowest BCUT2D eigenvalue weighted by molar-refractivity contribution is 0.975. The minimum atomic E-state index is 0. The number of nitrogens with zero attached hydrogens (tertiary/aromatic N) is 1. The van der Waals surface area contributed by atoms with Crippen molar-refractivity contribution in [1.82, 2.24) is 3.96 Å². The van der Waals surface area contributed by atoms with Gasteiger partial charge in [0, 0.05) is 12.4 Å². The van der Waals surface area contributed by atoms with Crippen molar-refractivity contribution in [3.63, 3.8) is 0 Å². The van der Waals surface area contributed by atoms with Crippen LogP contribution in [-0.4, -0.2) is 3.96 Å². The van der Waals surface area contributed by atoms with E-state index in [4.69, 9.17) is 0 Å². The molecule has 1 heterocycles. The van der Waals surface area contributed by atoms with Gasteiger partial charge < -0.3 is 0 Å². The Morgan fingerprint density at radius 1 is 1.78 bits per heavy atom. The number of hydrogen-bond donors (Lipinski definition) is 0. The summed E-state index contributed by atoms with van der Waals surface area (Å²) in [5.74, 6) is 0. The van der Waals surface area contributed by atoms with E-state index in [1.165, 1.54) is 11.5 Å². The highest BCUT2D eigenvalue weighted by Crippen LogP contribution is 2.04. The molecule has 1 rings (SSSR count). The summed E-state index contributed by atoms with van der Waals surface area (Å²) in [6.07, 6.45) is 0. The van der Waals surface area contributed by atoms with Gasteiger partial charge in [-0.25, -0.2) is 0 Å². The third-order valence-corrected chi connectivity index (χ3v) is 2.50. The van der Waals surface area contributed by atoms with E-state index in [0.29, 0.717) is 4.47 Å². The molecule has 0 fully saturated rings. The molecule has 0 aliphatic heterocycles. The molecule has 0 saturated carbocycles. The van der Waals surface area contributed by atoms with Crippen LogP contribution in [-0.2, 0) is 7.05 Å². The number of aromatic nitrogens is 1. The molecule has 0 bridgehead atoms. The van der Waals surface area contributed by atoms with Crippen molar-refractivity contribution in [3.05, 3.63) is 20.2 Å². The van der Waals surface area contributed by atoms with Crippen molar-refractivity contribution in [3.8, 4) is 0 Å². The molecule has 52 valence electrons. The Labute approximate surface area is 75.5 Å². The Kier molecular flexibility index (Phi) is 3.68. The Hall–Kier alpha value is 0.390. The van der Waals surface area contributed by atoms with Crippen LogP contribution >= 0.6 is 44.4 Å². The van der Waals surface area contributed by atoms with Crippen molar-refractivity contribution < 1.29 is 0 Å². The summed E-state index contributed by atoms with van der Waals surface area (Å²) in [5.41, 5.74) is 0.0370. The number of rotatable bonds is 0. The second-order valence-electron chi connectivity index (χ2n) is 1.37. The standard InChI is InChI=1S/C4H4BrNOS.BrH/c1-6-4(7)3(5)2-8-6;/h2H,1H3;1H. The maximum absolute atomic E-state index is 10.7. The summed E-state index contributed by atoms with van der Waals surface area (Å²) in [7, 11) is 1.73. The zero-order valence-corrected chi connectivity index (χ0v) is 8.74. The first-order valence-electron chi connectivity index (χ1n) is 2.02. The van der Waals surface area contributed by atoms with Gasteiger partial charge in [-0.05, 0) is 15.9 Å². The molecule has 5 heteroatoms. The fourth-order valence-corrected chi connectivity index (χ4v) is 1.55. The largest absolute Gasteiger partial charge is 0.274 e. The fraction of sp³-hybridized carbons (Fsp3) is 0.250. The van der Waals surface area contributed by atoms with Crippen LogP contribution < -0.4 is 5.56 Å². The lowest BCUT2D eigenvalue weighted by Crippen LogP contribution is -2.07. The molecule has 9 heavy (non-hydrogen) atoms. The third kappa shape index (κ3) is 1.91. The molecule has 0 aliphatic rings. The number of aryl methyl sites for hydroxylation is 1. The Morgan fingerprint density at radius 3 is 2.44 bits per heavy atom. The maximum Gasteiger partial charge on any atom is 0.274 e. The van der Waals surface area contributed by atoms with E-state index < -0.39 is 0 Å². The van der Waals surface area contributed by atoms with Gasteiger partial charge in [-0.3, -0.25) is 8.75 Å². The van der Waals surface area contributed by atoms with E-state index in [1.54, 1.807) is 16.4 Å². The van der Waals surface area contributed by atoms with Crippen LogP contribution in [0.5, 0.6) is 0 Å². The van der Waals surface area contributed by atoms with Gasteiger partial charge in [0.05, 0.1) is 4.47 Å². The molecule has 0 unspecified atom stereocenters. The van der Waals surface area contributed by atoms with Crippen molar-refractivity contribution in [2.45, 2.75) is 0 Å². The van der Waals surface area contributed by atoms with E-state index in [0.717, 1.165) is 0 Å². The van der Waals surface area contributed by atoms with Crippen molar-refractivity contribution in [2.24, 2.45) is 7.05 Å². The van der Waals surface area contributed by atoms with Crippen molar-refractivity contribution in [1.29, 1.82) is 0 Å². The van der Waals surface area contributed by atoms with Gasteiger partial charge in [0.15, 0.2) is 0 Å². The minimum absolute atomic E-state index is 0. The molecule has 1 aromatic heterocycles. The summed E-state index contributed by atoms with van der Waals surface area (Å²) >= 11 is 4.48. The first-order valence-corrected chi connectivity index (χ1v) is 3.65. The predicted octanol–water partition coefficient (Wildman–Crippen LogP) is 1.79. The first-order chi connectivity index (χ1) is 3.72. The minimum Gasteiger partial charge on any atom is -0.267 e. The predicted molar refractivity (Wildman–Crippen MR) is 47.6 cm³/mol. The molecule has 0 aromatic carbocycles. The van der Waals surface area contributed by atoms with Crippen LogP contribution in [0.1, 0.15) is 0 Å². The lowest BCUT2D eigenvalue weighted by Gasteiger charge is -1.77. The maximum atomic E-state index is 10.7. The normalized spacial score (nSPS) is 8.67. The van der Waals surface area contributed by atoms with E-state index in [1.807, 2.05) is 0 Å². The molecule has 0 radical (unpaired) electrons. The molecule has 0 N–H and O–H groups in total. The highest BCUT2D eigenvalue weighted by Gasteiger charge is 1.95. The van der Waals surface area contributed by atoms with Gasteiger partial charge in [0.2, 0.25) is 0 Å². The second-order valence-corrected chi connectivity index (χ2v) is 3.22. The van der Waals surface area contributed by atoms with Crippen LogP contribution in [0.15, 0.2) is 14.6 Å². The van der Waals surface area contributed by atoms with Crippen LogP contribution in [0, 0.1) is 0 Å². The quantitative estimate of drug-likeness (QED) is 0.707. The average Bonchev–Trinajstić information content (AvgIpc) is 1.98. The smallest absolute Gasteiger partial charge is 0.267 e. The molecular formula is C4H5Br2NOS. The zero-order chi connectivity index (χ0) is 6.15. The molecule has 2 nitrogen and oxygen atoms in total. The third-order valence-electron chi connectivity index (χ3n) is 0.805. The average molecular weight is 275 g/mol. The van der Waals surface area contributed by atoms with E-state index in [9.17, 15) is 4.79 Å². The SMILES string of the molecule is Br.Cn1scc(Br)c1=O. The number of hydrogen-bond acceptors (Lipinski definition) is 2. The Morgan fingerprint density at radius 2 is 2.33 bits per heavy atom. The monoisotopic (exact) mass is 273 g/mol. The van der Waals surface area contributed by atoms with Crippen LogP contribution in [0.2, 0.25) is 0 Å². The van der Waals surface area contributed by atoms with E-state index >= 15 is 0 Å². The zero-order valence-electron chi connectivity index (χ0n) is 4.63. The molecule has 0 saturated heterocycles. The summed E-state index contributed by atoms with van der Waals surface area (Å²) < 4.78 is 2.20. The fourth-order valence-electron chi connectivity index (χ4n) is 0.374. The van der Waals surface area contributed by atoms with Gasteiger partial charge in [-0.2, -0.15) is 0 Å². The van der Waals surface area contributed by atoms with Gasteiger partial charge in [0.1, 0.15) is 0 Å². The topological polar surface area (TPSA) is 22.0 Å². The van der Waals surface area contributed by atoms with E-state index in [2.05, 4.69) is 15.9 Å². The molecule has 0 aliphatic carbocycles. The Bertz CT molecular complexity index is 218. The highest BCUT2D eigenvalue weighted by atomic mass is 79.9. The summed E-state index contributed by atoms with van der Waals surface area (Å²) in [6, 6.07) is 0. The molecule has 0 atom stereocenters. The van der Waals surface area contributed by atoms with Crippen LogP contribution in [0.4, 0.5) is 0 Å². The summed E-state index contributed by atoms with van der Waals surface area (Å²) in [4.78, 5) is 10.7. The number of halogens is 2. The molecule has 0 amide bonds.